The van der Waals surface area contributed by atoms with Crippen LogP contribution in [-0.4, -0.2) is 21.2 Å². The summed E-state index contributed by atoms with van der Waals surface area (Å²) in [4.78, 5) is 12.4. The van der Waals surface area contributed by atoms with Crippen LogP contribution in [0.15, 0.2) is 48.7 Å². The number of nitrogens with zero attached hydrogens (tertiary/aromatic N) is 2. The van der Waals surface area contributed by atoms with E-state index in [9.17, 15) is 4.79 Å². The van der Waals surface area contributed by atoms with E-state index in [0.717, 1.165) is 16.6 Å². The van der Waals surface area contributed by atoms with Crippen molar-refractivity contribution in [3.63, 3.8) is 0 Å². The maximum atomic E-state index is 12.4. The molecular weight excluding hydrogens is 276 g/mol. The topological polar surface area (TPSA) is 36.2 Å². The van der Waals surface area contributed by atoms with E-state index in [1.165, 1.54) is 0 Å². The summed E-state index contributed by atoms with van der Waals surface area (Å²) in [6, 6.07) is 14.1. The third-order valence-corrected chi connectivity index (χ3v) is 3.69. The highest BCUT2D eigenvalue weighted by Crippen LogP contribution is 2.23. The summed E-state index contributed by atoms with van der Waals surface area (Å²) in [5, 5.41) is 0. The Kier molecular flexibility index (Phi) is 3.75. The average Bonchev–Trinajstić information content (AvgIpc) is 3.01. The Morgan fingerprint density at radius 2 is 1.86 bits per heavy atom. The molecule has 0 N–H and O–H groups in total. The molecule has 0 amide bonds. The van der Waals surface area contributed by atoms with E-state index in [0.29, 0.717) is 12.2 Å². The zero-order valence-corrected chi connectivity index (χ0v) is 13.1. The number of esters is 1. The highest BCUT2D eigenvalue weighted by Gasteiger charge is 2.19. The van der Waals surface area contributed by atoms with Gasteiger partial charge in [0.1, 0.15) is 5.69 Å². The number of carbonyl (C=O) groups is 1. The molecule has 0 aliphatic heterocycles. The molecule has 3 rings (SSSR count). The molecular formula is C18H20N2O2. The van der Waals surface area contributed by atoms with Crippen LogP contribution in [0, 0.1) is 0 Å². The molecule has 0 aliphatic rings. The third-order valence-electron chi connectivity index (χ3n) is 3.69. The van der Waals surface area contributed by atoms with Gasteiger partial charge in [-0.1, -0.05) is 30.3 Å². The number of carbonyl (C=O) groups excluding carboxylic acids is 1. The second-order valence-electron chi connectivity index (χ2n) is 5.75. The van der Waals surface area contributed by atoms with Crippen LogP contribution < -0.4 is 0 Å². The number of hydrogen-bond donors (Lipinski definition) is 0. The van der Waals surface area contributed by atoms with E-state index < -0.39 is 0 Å². The van der Waals surface area contributed by atoms with Crippen molar-refractivity contribution >= 4 is 17.0 Å². The molecule has 0 radical (unpaired) electrons. The first-order chi connectivity index (χ1) is 10.6. The lowest BCUT2D eigenvalue weighted by Crippen LogP contribution is -2.16. The number of aromatic nitrogens is 2. The van der Waals surface area contributed by atoms with Crippen molar-refractivity contribution in [3.05, 3.63) is 59.9 Å². The fourth-order valence-electron chi connectivity index (χ4n) is 2.65. The van der Waals surface area contributed by atoms with E-state index in [-0.39, 0.29) is 12.1 Å². The molecule has 4 nitrogen and oxygen atoms in total. The smallest absolute Gasteiger partial charge is 0.355 e. The predicted molar refractivity (Wildman–Crippen MR) is 87.0 cm³/mol. The number of hydrogen-bond acceptors (Lipinski definition) is 2. The normalized spacial score (nSPS) is 11.3. The lowest BCUT2D eigenvalue weighted by Gasteiger charge is -2.12. The van der Waals surface area contributed by atoms with E-state index in [1.807, 2.05) is 66.6 Å². The molecule has 2 heterocycles. The lowest BCUT2D eigenvalue weighted by atomic mass is 10.2. The summed E-state index contributed by atoms with van der Waals surface area (Å²) in [5.74, 6) is -0.276. The van der Waals surface area contributed by atoms with Crippen LogP contribution in [0.3, 0.4) is 0 Å². The van der Waals surface area contributed by atoms with Gasteiger partial charge in [-0.3, -0.25) is 0 Å². The number of rotatable bonds is 4. The first-order valence-electron chi connectivity index (χ1n) is 7.45. The van der Waals surface area contributed by atoms with Crippen molar-refractivity contribution in [1.82, 2.24) is 9.13 Å². The van der Waals surface area contributed by atoms with Crippen LogP contribution >= 0.6 is 0 Å². The molecule has 3 aromatic rings. The van der Waals surface area contributed by atoms with Crippen molar-refractivity contribution in [3.8, 4) is 0 Å². The fourth-order valence-corrected chi connectivity index (χ4v) is 2.65. The maximum Gasteiger partial charge on any atom is 0.355 e. The fraction of sp³-hybridized carbons (Fsp3) is 0.278. The lowest BCUT2D eigenvalue weighted by molar-refractivity contribution is 0.0366. The zero-order valence-electron chi connectivity index (χ0n) is 13.1. The molecule has 0 aliphatic carbocycles. The van der Waals surface area contributed by atoms with Crippen LogP contribution in [0.25, 0.3) is 11.0 Å². The summed E-state index contributed by atoms with van der Waals surface area (Å²) in [7, 11) is 1.98. The Morgan fingerprint density at radius 1 is 1.14 bits per heavy atom. The summed E-state index contributed by atoms with van der Waals surface area (Å²) < 4.78 is 9.42. The highest BCUT2D eigenvalue weighted by atomic mass is 16.5. The van der Waals surface area contributed by atoms with Gasteiger partial charge in [-0.2, -0.15) is 0 Å². The molecule has 0 fully saturated rings. The van der Waals surface area contributed by atoms with Crippen LogP contribution in [-0.2, 0) is 18.3 Å². The largest absolute Gasteiger partial charge is 0.458 e. The van der Waals surface area contributed by atoms with E-state index in [1.54, 1.807) is 0 Å². The van der Waals surface area contributed by atoms with Gasteiger partial charge >= 0.3 is 5.97 Å². The Labute approximate surface area is 129 Å². The Morgan fingerprint density at radius 3 is 2.55 bits per heavy atom. The van der Waals surface area contributed by atoms with E-state index in [4.69, 9.17) is 4.74 Å². The van der Waals surface area contributed by atoms with Crippen molar-refractivity contribution in [1.29, 1.82) is 0 Å². The van der Waals surface area contributed by atoms with Crippen LogP contribution in [0.5, 0.6) is 0 Å². The molecule has 0 bridgehead atoms. The first kappa shape index (κ1) is 14.4. The SMILES string of the molecule is CC(C)OC(=O)c1cc2c(ccn2C)n1Cc1ccccc1. The minimum absolute atomic E-state index is 0.129. The standard InChI is InChI=1S/C18H20N2O2/c1-13(2)22-18(21)17-11-16-15(9-10-19(16)3)20(17)12-14-7-5-4-6-8-14/h4-11,13H,12H2,1-3H3. The molecule has 22 heavy (non-hydrogen) atoms. The number of aryl methyl sites for hydroxylation is 1. The molecule has 4 heteroatoms. The summed E-state index contributed by atoms with van der Waals surface area (Å²) in [5.41, 5.74) is 3.83. The van der Waals surface area contributed by atoms with Crippen LogP contribution in [0.1, 0.15) is 29.9 Å². The number of ether oxygens (including phenoxy) is 1. The van der Waals surface area contributed by atoms with Gasteiger partial charge in [0.2, 0.25) is 0 Å². The van der Waals surface area contributed by atoms with Gasteiger partial charge in [0.25, 0.3) is 0 Å². The van der Waals surface area contributed by atoms with Gasteiger partial charge in [-0.05, 0) is 31.5 Å². The zero-order chi connectivity index (χ0) is 15.7. The van der Waals surface area contributed by atoms with Crippen molar-refractivity contribution < 1.29 is 9.53 Å². The van der Waals surface area contributed by atoms with Crippen molar-refractivity contribution in [2.75, 3.05) is 0 Å². The molecule has 2 aromatic heterocycles. The van der Waals surface area contributed by atoms with Crippen molar-refractivity contribution in [2.45, 2.75) is 26.5 Å². The minimum Gasteiger partial charge on any atom is -0.458 e. The van der Waals surface area contributed by atoms with Crippen LogP contribution in [0.2, 0.25) is 0 Å². The molecule has 0 saturated heterocycles. The van der Waals surface area contributed by atoms with Gasteiger partial charge in [0.05, 0.1) is 17.1 Å². The van der Waals surface area contributed by atoms with Gasteiger partial charge in [0, 0.05) is 19.8 Å². The predicted octanol–water partition coefficient (Wildman–Crippen LogP) is 3.59. The molecule has 0 unspecified atom stereocenters. The second-order valence-corrected chi connectivity index (χ2v) is 5.75. The third kappa shape index (κ3) is 2.64. The molecule has 0 spiro atoms. The first-order valence-corrected chi connectivity index (χ1v) is 7.45. The van der Waals surface area contributed by atoms with Gasteiger partial charge in [-0.25, -0.2) is 4.79 Å². The maximum absolute atomic E-state index is 12.4. The van der Waals surface area contributed by atoms with E-state index >= 15 is 0 Å². The molecule has 0 saturated carbocycles. The van der Waals surface area contributed by atoms with Crippen molar-refractivity contribution in [2.24, 2.45) is 7.05 Å². The van der Waals surface area contributed by atoms with Gasteiger partial charge < -0.3 is 13.9 Å². The quantitative estimate of drug-likeness (QED) is 0.690. The van der Waals surface area contributed by atoms with Gasteiger partial charge in [-0.15, -0.1) is 0 Å². The number of fused-ring (bicyclic) bond motifs is 1. The van der Waals surface area contributed by atoms with Crippen LogP contribution in [0.4, 0.5) is 0 Å². The Balaban J connectivity index is 2.07. The molecule has 114 valence electrons. The summed E-state index contributed by atoms with van der Waals surface area (Å²) in [6.45, 7) is 4.38. The highest BCUT2D eigenvalue weighted by molar-refractivity contribution is 5.95. The van der Waals surface area contributed by atoms with E-state index in [2.05, 4.69) is 12.1 Å². The average molecular weight is 296 g/mol. The van der Waals surface area contributed by atoms with Gasteiger partial charge in [0.15, 0.2) is 0 Å². The minimum atomic E-state index is -0.276. The monoisotopic (exact) mass is 296 g/mol. The Hall–Kier alpha value is -2.49. The summed E-state index contributed by atoms with van der Waals surface area (Å²) >= 11 is 0. The summed E-state index contributed by atoms with van der Waals surface area (Å²) in [6.07, 6.45) is 1.87. The molecule has 0 atom stereocenters. The second kappa shape index (κ2) is 5.72. The number of benzene rings is 1. The molecule has 1 aromatic carbocycles. The Bertz CT molecular complexity index is 797.